The summed E-state index contributed by atoms with van der Waals surface area (Å²) in [5, 5.41) is 9.05. The molecule has 25 heavy (non-hydrogen) atoms. The van der Waals surface area contributed by atoms with Crippen LogP contribution in [-0.2, 0) is 21.2 Å². The van der Waals surface area contributed by atoms with Gasteiger partial charge in [0.05, 0.1) is 4.90 Å². The molecule has 1 aliphatic rings. The van der Waals surface area contributed by atoms with Gasteiger partial charge in [-0.3, -0.25) is 4.79 Å². The van der Waals surface area contributed by atoms with Crippen molar-refractivity contribution in [2.45, 2.75) is 42.7 Å². The molecule has 2 atom stereocenters. The fourth-order valence-electron chi connectivity index (χ4n) is 3.06. The number of likely N-dealkylation sites (tertiary alicyclic amines) is 1. The van der Waals surface area contributed by atoms with Gasteiger partial charge in [0, 0.05) is 6.54 Å². The molecule has 6 heteroatoms. The maximum Gasteiger partial charge on any atom is 0.243 e. The number of benzene rings is 2. The molecule has 2 aromatic carbocycles. The highest BCUT2D eigenvalue weighted by molar-refractivity contribution is 7.92. The third-order valence-electron chi connectivity index (χ3n) is 4.53. The minimum Gasteiger partial charge on any atom is -0.374 e. The van der Waals surface area contributed by atoms with Gasteiger partial charge in [-0.05, 0) is 37.5 Å². The minimum atomic E-state index is -3.78. The van der Waals surface area contributed by atoms with Crippen molar-refractivity contribution in [3.05, 3.63) is 65.7 Å². The fourth-order valence-corrected chi connectivity index (χ4v) is 4.75. The predicted molar refractivity (Wildman–Crippen MR) is 94.4 cm³/mol. The number of nitrogens with zero attached hydrogens (tertiary/aromatic N) is 1. The van der Waals surface area contributed by atoms with Gasteiger partial charge >= 0.3 is 0 Å². The zero-order chi connectivity index (χ0) is 18.0. The SMILES string of the molecule is Cc1ccc(S(=O)(=O)C2CCC(O)N(Cc3ccccc3)C2=O)cc1. The number of aliphatic hydroxyl groups is 1. The molecule has 0 aliphatic carbocycles. The van der Waals surface area contributed by atoms with E-state index in [1.54, 1.807) is 12.1 Å². The molecule has 1 N–H and O–H groups in total. The van der Waals surface area contributed by atoms with E-state index in [-0.39, 0.29) is 24.3 Å². The Hall–Kier alpha value is -2.18. The van der Waals surface area contributed by atoms with E-state index in [0.717, 1.165) is 11.1 Å². The van der Waals surface area contributed by atoms with Crippen LogP contribution in [0.15, 0.2) is 59.5 Å². The summed E-state index contributed by atoms with van der Waals surface area (Å²) in [6, 6.07) is 15.7. The van der Waals surface area contributed by atoms with Crippen LogP contribution >= 0.6 is 0 Å². The third-order valence-corrected chi connectivity index (χ3v) is 6.64. The van der Waals surface area contributed by atoms with Gasteiger partial charge in [0.15, 0.2) is 9.84 Å². The molecule has 0 spiro atoms. The molecule has 3 rings (SSSR count). The molecule has 1 fully saturated rings. The van der Waals surface area contributed by atoms with Crippen LogP contribution in [0.3, 0.4) is 0 Å². The summed E-state index contributed by atoms with van der Waals surface area (Å²) in [6.07, 6.45) is -0.590. The normalized spacial score (nSPS) is 21.4. The summed E-state index contributed by atoms with van der Waals surface area (Å²) in [7, 11) is -3.78. The minimum absolute atomic E-state index is 0.126. The lowest BCUT2D eigenvalue weighted by Crippen LogP contribution is -2.52. The lowest BCUT2D eigenvalue weighted by Gasteiger charge is -2.36. The van der Waals surface area contributed by atoms with Crippen molar-refractivity contribution in [1.29, 1.82) is 0 Å². The van der Waals surface area contributed by atoms with Crippen molar-refractivity contribution >= 4 is 15.7 Å². The first kappa shape index (κ1) is 17.6. The van der Waals surface area contributed by atoms with Gasteiger partial charge in [-0.15, -0.1) is 0 Å². The predicted octanol–water partition coefficient (Wildman–Crippen LogP) is 2.28. The third kappa shape index (κ3) is 3.60. The summed E-state index contributed by atoms with van der Waals surface area (Å²) < 4.78 is 25.8. The Morgan fingerprint density at radius 2 is 1.68 bits per heavy atom. The Labute approximate surface area is 147 Å². The van der Waals surface area contributed by atoms with Gasteiger partial charge in [-0.1, -0.05) is 48.0 Å². The van der Waals surface area contributed by atoms with Gasteiger partial charge in [0.2, 0.25) is 5.91 Å². The van der Waals surface area contributed by atoms with Crippen LogP contribution in [0.1, 0.15) is 24.0 Å². The number of amides is 1. The van der Waals surface area contributed by atoms with Gasteiger partial charge in [0.1, 0.15) is 11.5 Å². The van der Waals surface area contributed by atoms with Crippen molar-refractivity contribution in [3.63, 3.8) is 0 Å². The van der Waals surface area contributed by atoms with Crippen molar-refractivity contribution in [3.8, 4) is 0 Å². The molecular weight excluding hydrogens is 338 g/mol. The Bertz CT molecular complexity index is 847. The van der Waals surface area contributed by atoms with Crippen molar-refractivity contribution in [1.82, 2.24) is 4.90 Å². The van der Waals surface area contributed by atoms with Crippen LogP contribution < -0.4 is 0 Å². The van der Waals surface area contributed by atoms with E-state index in [1.807, 2.05) is 37.3 Å². The molecule has 0 saturated carbocycles. The van der Waals surface area contributed by atoms with E-state index < -0.39 is 27.2 Å². The molecule has 132 valence electrons. The van der Waals surface area contributed by atoms with E-state index in [4.69, 9.17) is 0 Å². The van der Waals surface area contributed by atoms with Gasteiger partial charge in [0.25, 0.3) is 0 Å². The summed E-state index contributed by atoms with van der Waals surface area (Å²) >= 11 is 0. The molecule has 0 aromatic heterocycles. The van der Waals surface area contributed by atoms with Crippen molar-refractivity contribution in [2.24, 2.45) is 0 Å². The monoisotopic (exact) mass is 359 g/mol. The number of carbonyl (C=O) groups excluding carboxylic acids is 1. The average molecular weight is 359 g/mol. The summed E-state index contributed by atoms with van der Waals surface area (Å²) in [6.45, 7) is 2.07. The number of sulfone groups is 1. The number of piperidine rings is 1. The second kappa shape index (κ2) is 6.98. The Morgan fingerprint density at radius 1 is 1.04 bits per heavy atom. The second-order valence-electron chi connectivity index (χ2n) is 6.36. The molecule has 2 aromatic rings. The van der Waals surface area contributed by atoms with Gasteiger partial charge < -0.3 is 10.0 Å². The molecule has 1 saturated heterocycles. The standard InChI is InChI=1S/C19H21NO4S/c1-14-7-9-16(10-8-14)25(23,24)17-11-12-18(21)20(19(17)22)13-15-5-3-2-4-6-15/h2-10,17-18,21H,11-13H2,1H3. The first-order valence-corrected chi connectivity index (χ1v) is 9.77. The van der Waals surface area contributed by atoms with Crippen molar-refractivity contribution in [2.75, 3.05) is 0 Å². The van der Waals surface area contributed by atoms with Crippen LogP contribution in [0, 0.1) is 6.92 Å². The van der Waals surface area contributed by atoms with Crippen LogP contribution in [-0.4, -0.2) is 35.8 Å². The molecule has 0 bridgehead atoms. The maximum atomic E-state index is 12.9. The molecular formula is C19H21NO4S. The van der Waals surface area contributed by atoms with E-state index in [0.29, 0.717) is 0 Å². The number of aryl methyl sites for hydroxylation is 1. The summed E-state index contributed by atoms with van der Waals surface area (Å²) in [5.74, 6) is -0.539. The first-order valence-electron chi connectivity index (χ1n) is 8.22. The first-order chi connectivity index (χ1) is 11.9. The van der Waals surface area contributed by atoms with Crippen LogP contribution in [0.2, 0.25) is 0 Å². The van der Waals surface area contributed by atoms with Crippen molar-refractivity contribution < 1.29 is 18.3 Å². The van der Waals surface area contributed by atoms with E-state index in [2.05, 4.69) is 0 Å². The van der Waals surface area contributed by atoms with E-state index >= 15 is 0 Å². The van der Waals surface area contributed by atoms with Crippen LogP contribution in [0.5, 0.6) is 0 Å². The van der Waals surface area contributed by atoms with Crippen LogP contribution in [0.25, 0.3) is 0 Å². The fraction of sp³-hybridized carbons (Fsp3) is 0.316. The Kier molecular flexibility index (Phi) is 4.92. The highest BCUT2D eigenvalue weighted by Gasteiger charge is 2.42. The highest BCUT2D eigenvalue weighted by Crippen LogP contribution is 2.28. The molecule has 1 aliphatic heterocycles. The van der Waals surface area contributed by atoms with Crippen LogP contribution in [0.4, 0.5) is 0 Å². The number of carbonyl (C=O) groups is 1. The number of aliphatic hydroxyl groups excluding tert-OH is 1. The quantitative estimate of drug-likeness (QED) is 0.909. The number of hydrogen-bond donors (Lipinski definition) is 1. The smallest absolute Gasteiger partial charge is 0.243 e. The Balaban J connectivity index is 1.87. The highest BCUT2D eigenvalue weighted by atomic mass is 32.2. The topological polar surface area (TPSA) is 74.7 Å². The number of hydrogen-bond acceptors (Lipinski definition) is 4. The van der Waals surface area contributed by atoms with Gasteiger partial charge in [-0.2, -0.15) is 0 Å². The molecule has 1 heterocycles. The molecule has 2 unspecified atom stereocenters. The zero-order valence-electron chi connectivity index (χ0n) is 14.0. The van der Waals surface area contributed by atoms with Gasteiger partial charge in [-0.25, -0.2) is 8.42 Å². The molecule has 1 amide bonds. The Morgan fingerprint density at radius 3 is 2.32 bits per heavy atom. The lowest BCUT2D eigenvalue weighted by atomic mass is 10.1. The molecule has 0 radical (unpaired) electrons. The zero-order valence-corrected chi connectivity index (χ0v) is 14.8. The second-order valence-corrected chi connectivity index (χ2v) is 8.49. The van der Waals surface area contributed by atoms with E-state index in [1.165, 1.54) is 17.0 Å². The maximum absolute atomic E-state index is 12.9. The summed E-state index contributed by atoms with van der Waals surface area (Å²) in [5.41, 5.74) is 1.80. The largest absolute Gasteiger partial charge is 0.374 e. The lowest BCUT2D eigenvalue weighted by molar-refractivity contribution is -0.147. The molecule has 5 nitrogen and oxygen atoms in total. The van der Waals surface area contributed by atoms with E-state index in [9.17, 15) is 18.3 Å². The number of rotatable bonds is 4. The summed E-state index contributed by atoms with van der Waals surface area (Å²) in [4.78, 5) is 14.2. The average Bonchev–Trinajstić information content (AvgIpc) is 2.59.